The minimum Gasteiger partial charge on any atom is -0.484 e. The summed E-state index contributed by atoms with van der Waals surface area (Å²) < 4.78 is 24.1. The maximum absolute atomic E-state index is 13.4. The van der Waals surface area contributed by atoms with Crippen LogP contribution in [0.4, 0.5) is 4.39 Å². The summed E-state index contributed by atoms with van der Waals surface area (Å²) in [6, 6.07) is 14.8. The number of carbonyl (C=O) groups is 2. The molecule has 1 aromatic heterocycles. The van der Waals surface area contributed by atoms with Crippen molar-refractivity contribution < 1.29 is 23.5 Å². The van der Waals surface area contributed by atoms with Crippen molar-refractivity contribution in [3.05, 3.63) is 86.8 Å². The number of methoxy groups -OCH3 is 1. The molecule has 0 aliphatic rings. The Balaban J connectivity index is 1.71. The van der Waals surface area contributed by atoms with Gasteiger partial charge in [-0.15, -0.1) is 11.3 Å². The molecule has 6 nitrogen and oxygen atoms in total. The molecule has 0 bridgehead atoms. The van der Waals surface area contributed by atoms with Gasteiger partial charge in [0.1, 0.15) is 11.6 Å². The fourth-order valence-corrected chi connectivity index (χ4v) is 4.35. The molecule has 186 valence electrons. The van der Waals surface area contributed by atoms with E-state index < -0.39 is 0 Å². The lowest BCUT2D eigenvalue weighted by molar-refractivity contribution is -0.142. The zero-order valence-corrected chi connectivity index (χ0v) is 21.3. The van der Waals surface area contributed by atoms with Crippen LogP contribution in [0.5, 0.6) is 5.75 Å². The predicted octanol–water partition coefficient (Wildman–Crippen LogP) is 4.93. The van der Waals surface area contributed by atoms with Crippen molar-refractivity contribution in [2.45, 2.75) is 20.0 Å². The first kappa shape index (κ1) is 26.7. The van der Waals surface area contributed by atoms with Crippen LogP contribution in [0.3, 0.4) is 0 Å². The maximum atomic E-state index is 13.4. The molecule has 0 aliphatic carbocycles. The molecule has 0 N–H and O–H groups in total. The van der Waals surface area contributed by atoms with Crippen LogP contribution in [0.25, 0.3) is 0 Å². The largest absolute Gasteiger partial charge is 0.484 e. The Morgan fingerprint density at radius 2 is 1.69 bits per heavy atom. The number of halogens is 2. The fourth-order valence-electron chi connectivity index (χ4n) is 3.31. The van der Waals surface area contributed by atoms with Crippen molar-refractivity contribution in [2.24, 2.45) is 0 Å². The van der Waals surface area contributed by atoms with Crippen molar-refractivity contribution in [1.29, 1.82) is 0 Å². The first-order chi connectivity index (χ1) is 16.9. The topological polar surface area (TPSA) is 59.1 Å². The second-order valence-electron chi connectivity index (χ2n) is 7.95. The third-order valence-electron chi connectivity index (χ3n) is 5.36. The number of ether oxygens (including phenoxy) is 2. The van der Waals surface area contributed by atoms with Crippen LogP contribution in [-0.2, 0) is 27.4 Å². The average molecular weight is 519 g/mol. The van der Waals surface area contributed by atoms with Crippen molar-refractivity contribution in [2.75, 3.05) is 33.4 Å². The van der Waals surface area contributed by atoms with Gasteiger partial charge in [-0.05, 0) is 65.9 Å². The Kier molecular flexibility index (Phi) is 10.1. The van der Waals surface area contributed by atoms with Gasteiger partial charge in [0, 0.05) is 30.1 Å². The molecular formula is C26H28ClFN2O4S. The van der Waals surface area contributed by atoms with Crippen molar-refractivity contribution in [1.82, 2.24) is 9.80 Å². The van der Waals surface area contributed by atoms with E-state index in [1.165, 1.54) is 24.1 Å². The predicted molar refractivity (Wildman–Crippen MR) is 135 cm³/mol. The van der Waals surface area contributed by atoms with Gasteiger partial charge in [0.05, 0.1) is 19.7 Å². The number of thiophene rings is 1. The first-order valence-corrected chi connectivity index (χ1v) is 12.3. The highest BCUT2D eigenvalue weighted by atomic mass is 35.5. The Bertz CT molecular complexity index is 1110. The molecule has 0 aliphatic heterocycles. The number of rotatable bonds is 12. The van der Waals surface area contributed by atoms with Gasteiger partial charge in [-0.2, -0.15) is 0 Å². The molecule has 0 atom stereocenters. The molecule has 1 heterocycles. The van der Waals surface area contributed by atoms with Crippen LogP contribution in [0.15, 0.2) is 60.0 Å². The summed E-state index contributed by atoms with van der Waals surface area (Å²) in [5.41, 5.74) is 1.89. The lowest BCUT2D eigenvalue weighted by atomic mass is 10.2. The van der Waals surface area contributed by atoms with Gasteiger partial charge in [0.15, 0.2) is 6.61 Å². The summed E-state index contributed by atoms with van der Waals surface area (Å²) >= 11 is 7.46. The van der Waals surface area contributed by atoms with Crippen molar-refractivity contribution in [3.8, 4) is 5.75 Å². The van der Waals surface area contributed by atoms with E-state index in [1.807, 2.05) is 18.4 Å². The van der Waals surface area contributed by atoms with Gasteiger partial charge in [-0.25, -0.2) is 4.39 Å². The molecule has 0 saturated heterocycles. The minimum atomic E-state index is -0.335. The highest BCUT2D eigenvalue weighted by Gasteiger charge is 2.23. The lowest BCUT2D eigenvalue weighted by Gasteiger charge is -2.28. The number of aryl methyl sites for hydroxylation is 1. The summed E-state index contributed by atoms with van der Waals surface area (Å²) in [5, 5.41) is 2.55. The SMILES string of the molecule is COCCN(CC(=O)N(Cc1ccc(F)cc1)Cc1sccc1C)C(=O)COc1ccc(Cl)cc1. The molecule has 2 aromatic carbocycles. The standard InChI is InChI=1S/C26H28ClFN2O4S/c1-19-11-14-35-24(19)16-30(15-20-3-7-22(28)8-4-20)25(31)17-29(12-13-33-2)26(32)18-34-23-9-5-21(27)6-10-23/h3-11,14H,12-13,15-18H2,1-2H3. The Hall–Kier alpha value is -2.94. The van der Waals surface area contributed by atoms with E-state index in [4.69, 9.17) is 21.1 Å². The number of hydrogen-bond acceptors (Lipinski definition) is 5. The summed E-state index contributed by atoms with van der Waals surface area (Å²) in [6.07, 6.45) is 0. The summed E-state index contributed by atoms with van der Waals surface area (Å²) in [5.74, 6) is -0.387. The van der Waals surface area contributed by atoms with E-state index in [0.29, 0.717) is 23.9 Å². The van der Waals surface area contributed by atoms with Gasteiger partial charge in [-0.1, -0.05) is 23.7 Å². The number of nitrogens with zero attached hydrogens (tertiary/aromatic N) is 2. The summed E-state index contributed by atoms with van der Waals surface area (Å²) in [7, 11) is 1.54. The van der Waals surface area contributed by atoms with Crippen LogP contribution in [-0.4, -0.2) is 55.0 Å². The van der Waals surface area contributed by atoms with E-state index >= 15 is 0 Å². The van der Waals surface area contributed by atoms with Gasteiger partial charge < -0.3 is 19.3 Å². The van der Waals surface area contributed by atoms with E-state index in [-0.39, 0.29) is 43.9 Å². The number of benzene rings is 2. The third kappa shape index (κ3) is 8.35. The molecular weight excluding hydrogens is 491 g/mol. The van der Waals surface area contributed by atoms with E-state index in [2.05, 4.69) is 0 Å². The van der Waals surface area contributed by atoms with E-state index in [0.717, 1.165) is 16.0 Å². The quantitative estimate of drug-likeness (QED) is 0.341. The monoisotopic (exact) mass is 518 g/mol. The van der Waals surface area contributed by atoms with Crippen molar-refractivity contribution >= 4 is 34.8 Å². The van der Waals surface area contributed by atoms with Gasteiger partial charge >= 0.3 is 0 Å². The smallest absolute Gasteiger partial charge is 0.261 e. The minimum absolute atomic E-state index is 0.127. The fraction of sp³-hybridized carbons (Fsp3) is 0.308. The van der Waals surface area contributed by atoms with Crippen LogP contribution >= 0.6 is 22.9 Å². The number of amides is 2. The summed E-state index contributed by atoms with van der Waals surface area (Å²) in [6.45, 7) is 2.86. The number of hydrogen-bond donors (Lipinski definition) is 0. The first-order valence-electron chi connectivity index (χ1n) is 11.1. The molecule has 3 aromatic rings. The molecule has 9 heteroatoms. The highest BCUT2D eigenvalue weighted by molar-refractivity contribution is 7.10. The zero-order valence-electron chi connectivity index (χ0n) is 19.7. The van der Waals surface area contributed by atoms with Crippen LogP contribution in [0.1, 0.15) is 16.0 Å². The number of carbonyl (C=O) groups excluding carboxylic acids is 2. The molecule has 0 fully saturated rings. The Labute approximate surface area is 213 Å². The normalized spacial score (nSPS) is 10.7. The van der Waals surface area contributed by atoms with Gasteiger partial charge in [0.2, 0.25) is 5.91 Å². The molecule has 35 heavy (non-hydrogen) atoms. The molecule has 3 rings (SSSR count). The average Bonchev–Trinajstić information content (AvgIpc) is 3.26. The molecule has 0 radical (unpaired) electrons. The molecule has 2 amide bonds. The molecule has 0 saturated carbocycles. The van der Waals surface area contributed by atoms with E-state index in [1.54, 1.807) is 52.6 Å². The second-order valence-corrected chi connectivity index (χ2v) is 9.39. The lowest BCUT2D eigenvalue weighted by Crippen LogP contribution is -2.45. The Morgan fingerprint density at radius 1 is 0.971 bits per heavy atom. The van der Waals surface area contributed by atoms with Crippen LogP contribution < -0.4 is 4.74 Å². The highest BCUT2D eigenvalue weighted by Crippen LogP contribution is 2.20. The van der Waals surface area contributed by atoms with Gasteiger partial charge in [-0.3, -0.25) is 9.59 Å². The van der Waals surface area contributed by atoms with Gasteiger partial charge in [0.25, 0.3) is 5.91 Å². The maximum Gasteiger partial charge on any atom is 0.261 e. The summed E-state index contributed by atoms with van der Waals surface area (Å²) in [4.78, 5) is 30.5. The molecule has 0 unspecified atom stereocenters. The van der Waals surface area contributed by atoms with Crippen LogP contribution in [0, 0.1) is 12.7 Å². The second kappa shape index (κ2) is 13.2. The van der Waals surface area contributed by atoms with Crippen molar-refractivity contribution in [3.63, 3.8) is 0 Å². The zero-order chi connectivity index (χ0) is 25.2. The van der Waals surface area contributed by atoms with Crippen LogP contribution in [0.2, 0.25) is 5.02 Å². The molecule has 0 spiro atoms. The van der Waals surface area contributed by atoms with E-state index in [9.17, 15) is 14.0 Å². The Morgan fingerprint density at radius 3 is 2.31 bits per heavy atom. The third-order valence-corrected chi connectivity index (χ3v) is 6.62.